The van der Waals surface area contributed by atoms with Gasteiger partial charge in [0.05, 0.1) is 17.9 Å². The zero-order chi connectivity index (χ0) is 10.0. The Balaban J connectivity index is 2.71. The molecule has 0 aromatic rings. The maximum absolute atomic E-state index is 10.6. The second kappa shape index (κ2) is 3.74. The van der Waals surface area contributed by atoms with E-state index in [9.17, 15) is 14.7 Å². The van der Waals surface area contributed by atoms with Crippen molar-refractivity contribution in [3.05, 3.63) is 0 Å². The summed E-state index contributed by atoms with van der Waals surface area (Å²) >= 11 is 0. The van der Waals surface area contributed by atoms with Crippen LogP contribution in [0.1, 0.15) is 19.3 Å². The number of aliphatic carboxylic acids is 2. The summed E-state index contributed by atoms with van der Waals surface area (Å²) in [7, 11) is 0. The maximum Gasteiger partial charge on any atom is 0.309 e. The minimum absolute atomic E-state index is 0.361. The van der Waals surface area contributed by atoms with Crippen LogP contribution in [0.25, 0.3) is 0 Å². The van der Waals surface area contributed by atoms with E-state index < -0.39 is 29.9 Å². The van der Waals surface area contributed by atoms with Crippen molar-refractivity contribution in [3.8, 4) is 0 Å². The number of aliphatic hydroxyl groups excluding tert-OH is 1. The van der Waals surface area contributed by atoms with Crippen molar-refractivity contribution < 1.29 is 24.9 Å². The lowest BCUT2D eigenvalue weighted by molar-refractivity contribution is -0.157. The Kier molecular flexibility index (Phi) is 2.87. The number of carboxylic acid groups (broad SMARTS) is 2. The van der Waals surface area contributed by atoms with Crippen LogP contribution in [0, 0.1) is 11.8 Å². The van der Waals surface area contributed by atoms with E-state index in [4.69, 9.17) is 10.2 Å². The molecule has 2 unspecified atom stereocenters. The fourth-order valence-electron chi connectivity index (χ4n) is 1.72. The van der Waals surface area contributed by atoms with Crippen LogP contribution < -0.4 is 0 Å². The van der Waals surface area contributed by atoms with E-state index in [2.05, 4.69) is 0 Å². The molecule has 0 amide bonds. The molecule has 2 atom stereocenters. The van der Waals surface area contributed by atoms with Gasteiger partial charge in [0.1, 0.15) is 0 Å². The van der Waals surface area contributed by atoms with Gasteiger partial charge in [-0.3, -0.25) is 9.59 Å². The van der Waals surface area contributed by atoms with Crippen molar-refractivity contribution in [3.63, 3.8) is 0 Å². The predicted octanol–water partition coefficient (Wildman–Crippen LogP) is -0.0672. The molecule has 13 heavy (non-hydrogen) atoms. The summed E-state index contributed by atoms with van der Waals surface area (Å²) in [6, 6.07) is 0. The third-order valence-electron chi connectivity index (χ3n) is 2.49. The van der Waals surface area contributed by atoms with Crippen molar-refractivity contribution >= 4 is 11.9 Å². The fourth-order valence-corrected chi connectivity index (χ4v) is 1.72. The highest BCUT2D eigenvalue weighted by molar-refractivity contribution is 5.75. The van der Waals surface area contributed by atoms with Crippen molar-refractivity contribution in [2.75, 3.05) is 0 Å². The standard InChI is InChI=1S/C8H12O5/c9-6-4(7(10)11)2-1-3-5(6)8(12)13/h4-6,9H,1-3H2,(H,10,11)(H,12,13). The van der Waals surface area contributed by atoms with Gasteiger partial charge < -0.3 is 15.3 Å². The zero-order valence-corrected chi connectivity index (χ0v) is 7.01. The molecule has 0 heterocycles. The Morgan fingerprint density at radius 3 is 1.69 bits per heavy atom. The van der Waals surface area contributed by atoms with Gasteiger partial charge in [-0.1, -0.05) is 6.42 Å². The van der Waals surface area contributed by atoms with Crippen molar-refractivity contribution in [1.82, 2.24) is 0 Å². The van der Waals surface area contributed by atoms with E-state index in [1.54, 1.807) is 0 Å². The van der Waals surface area contributed by atoms with Gasteiger partial charge in [0.2, 0.25) is 0 Å². The highest BCUT2D eigenvalue weighted by atomic mass is 16.4. The molecule has 5 heteroatoms. The lowest BCUT2D eigenvalue weighted by Crippen LogP contribution is -2.41. The Morgan fingerprint density at radius 1 is 1.00 bits per heavy atom. The minimum atomic E-state index is -1.25. The van der Waals surface area contributed by atoms with E-state index in [-0.39, 0.29) is 0 Å². The highest BCUT2D eigenvalue weighted by Gasteiger charge is 2.39. The summed E-state index contributed by atoms with van der Waals surface area (Å²) in [4.78, 5) is 21.2. The number of carbonyl (C=O) groups is 2. The number of rotatable bonds is 2. The van der Waals surface area contributed by atoms with Gasteiger partial charge in [0.15, 0.2) is 0 Å². The Morgan fingerprint density at radius 2 is 1.38 bits per heavy atom. The molecule has 3 N–H and O–H groups in total. The molecule has 0 saturated heterocycles. The van der Waals surface area contributed by atoms with Crippen LogP contribution in [0.15, 0.2) is 0 Å². The average Bonchev–Trinajstić information content (AvgIpc) is 2.03. The maximum atomic E-state index is 10.6. The predicted molar refractivity (Wildman–Crippen MR) is 42.1 cm³/mol. The van der Waals surface area contributed by atoms with E-state index in [1.165, 1.54) is 0 Å². The lowest BCUT2D eigenvalue weighted by atomic mass is 9.79. The van der Waals surface area contributed by atoms with Gasteiger partial charge >= 0.3 is 11.9 Å². The molecule has 1 fully saturated rings. The van der Waals surface area contributed by atoms with Crippen LogP contribution in [0.5, 0.6) is 0 Å². The lowest BCUT2D eigenvalue weighted by Gasteiger charge is -2.29. The largest absolute Gasteiger partial charge is 0.481 e. The van der Waals surface area contributed by atoms with Gasteiger partial charge in [0, 0.05) is 0 Å². The van der Waals surface area contributed by atoms with Crippen molar-refractivity contribution in [1.29, 1.82) is 0 Å². The van der Waals surface area contributed by atoms with Crippen LogP contribution in [-0.2, 0) is 9.59 Å². The molecule has 0 aromatic heterocycles. The van der Waals surface area contributed by atoms with Crippen LogP contribution in [0.3, 0.4) is 0 Å². The molecule has 1 aliphatic rings. The summed E-state index contributed by atoms with van der Waals surface area (Å²) in [5.41, 5.74) is 0. The third kappa shape index (κ3) is 1.98. The zero-order valence-electron chi connectivity index (χ0n) is 7.01. The summed E-state index contributed by atoms with van der Waals surface area (Å²) in [5.74, 6) is -4.07. The first-order valence-electron chi connectivity index (χ1n) is 4.17. The Bertz CT molecular complexity index is 203. The van der Waals surface area contributed by atoms with Gasteiger partial charge in [0.25, 0.3) is 0 Å². The molecule has 1 aliphatic carbocycles. The molecule has 0 aliphatic heterocycles. The molecule has 0 spiro atoms. The van der Waals surface area contributed by atoms with Gasteiger partial charge in [-0.05, 0) is 12.8 Å². The number of hydrogen-bond acceptors (Lipinski definition) is 3. The SMILES string of the molecule is O=C(O)C1CCCC(C(=O)O)C1O. The quantitative estimate of drug-likeness (QED) is 0.564. The molecule has 0 bridgehead atoms. The Hall–Kier alpha value is -1.10. The van der Waals surface area contributed by atoms with Crippen LogP contribution in [-0.4, -0.2) is 33.4 Å². The minimum Gasteiger partial charge on any atom is -0.481 e. The second-order valence-electron chi connectivity index (χ2n) is 3.31. The van der Waals surface area contributed by atoms with Gasteiger partial charge in [-0.15, -0.1) is 0 Å². The Labute approximate surface area is 75.0 Å². The first kappa shape index (κ1) is 9.98. The van der Waals surface area contributed by atoms with Crippen molar-refractivity contribution in [2.24, 2.45) is 11.8 Å². The summed E-state index contributed by atoms with van der Waals surface area (Å²) in [5, 5.41) is 26.7. The number of hydrogen-bond donors (Lipinski definition) is 3. The van der Waals surface area contributed by atoms with Crippen LogP contribution in [0.4, 0.5) is 0 Å². The summed E-state index contributed by atoms with van der Waals surface area (Å²) in [6.45, 7) is 0. The van der Waals surface area contributed by atoms with Gasteiger partial charge in [-0.25, -0.2) is 0 Å². The monoisotopic (exact) mass is 188 g/mol. The normalized spacial score (nSPS) is 34.1. The van der Waals surface area contributed by atoms with E-state index in [1.807, 2.05) is 0 Å². The van der Waals surface area contributed by atoms with E-state index in [0.717, 1.165) is 0 Å². The summed E-state index contributed by atoms with van der Waals surface area (Å²) < 4.78 is 0. The first-order valence-corrected chi connectivity index (χ1v) is 4.17. The molecule has 5 nitrogen and oxygen atoms in total. The van der Waals surface area contributed by atoms with Crippen LogP contribution in [0.2, 0.25) is 0 Å². The van der Waals surface area contributed by atoms with Crippen molar-refractivity contribution in [2.45, 2.75) is 25.4 Å². The summed E-state index contributed by atoms with van der Waals surface area (Å²) in [6.07, 6.45) is 0.0229. The van der Waals surface area contributed by atoms with E-state index >= 15 is 0 Å². The molecule has 0 radical (unpaired) electrons. The molecule has 1 saturated carbocycles. The smallest absolute Gasteiger partial charge is 0.309 e. The number of aliphatic hydroxyl groups is 1. The average molecular weight is 188 g/mol. The fraction of sp³-hybridized carbons (Fsp3) is 0.750. The first-order chi connectivity index (χ1) is 6.04. The van der Waals surface area contributed by atoms with Gasteiger partial charge in [-0.2, -0.15) is 0 Å². The third-order valence-corrected chi connectivity index (χ3v) is 2.49. The molecular weight excluding hydrogens is 176 g/mol. The molecule has 74 valence electrons. The highest BCUT2D eigenvalue weighted by Crippen LogP contribution is 2.29. The van der Waals surface area contributed by atoms with Crippen LogP contribution >= 0.6 is 0 Å². The number of carboxylic acids is 2. The molecule has 0 aromatic carbocycles. The van der Waals surface area contributed by atoms with E-state index in [0.29, 0.717) is 19.3 Å². The molecule has 1 rings (SSSR count). The second-order valence-corrected chi connectivity index (χ2v) is 3.31. The molecular formula is C8H12O5. The topological polar surface area (TPSA) is 94.8 Å².